The van der Waals surface area contributed by atoms with Crippen LogP contribution in [-0.4, -0.2) is 18.0 Å². The van der Waals surface area contributed by atoms with E-state index in [9.17, 15) is 0 Å². The lowest BCUT2D eigenvalue weighted by Crippen LogP contribution is -2.17. The lowest BCUT2D eigenvalue weighted by atomic mass is 10.4. The highest BCUT2D eigenvalue weighted by Gasteiger charge is 2.42. The maximum atomic E-state index is 5.53. The van der Waals surface area contributed by atoms with Gasteiger partial charge in [0.25, 0.3) is 0 Å². The summed E-state index contributed by atoms with van der Waals surface area (Å²) < 4.78 is 11.1. The highest BCUT2D eigenvalue weighted by atomic mass is 16.7. The van der Waals surface area contributed by atoms with Crippen LogP contribution in [0.2, 0.25) is 0 Å². The van der Waals surface area contributed by atoms with Crippen molar-refractivity contribution in [2.75, 3.05) is 6.79 Å². The van der Waals surface area contributed by atoms with E-state index in [1.807, 2.05) is 0 Å². The van der Waals surface area contributed by atoms with Crippen LogP contribution >= 0.6 is 0 Å². The molecular weight excluding hydrogens is 140 g/mol. The molecule has 0 atom stereocenters. The summed E-state index contributed by atoms with van der Waals surface area (Å²) in [5.41, 5.74) is 0.344. The molecule has 0 radical (unpaired) electrons. The van der Waals surface area contributed by atoms with Gasteiger partial charge in [-0.05, 0) is 39.5 Å². The summed E-state index contributed by atoms with van der Waals surface area (Å²) in [4.78, 5) is 0. The van der Waals surface area contributed by atoms with Crippen molar-refractivity contribution in [3.63, 3.8) is 0 Å². The maximum Gasteiger partial charge on any atom is 0.148 e. The van der Waals surface area contributed by atoms with Crippen LogP contribution < -0.4 is 0 Å². The van der Waals surface area contributed by atoms with Crippen LogP contribution in [0, 0.1) is 0 Å². The van der Waals surface area contributed by atoms with Crippen molar-refractivity contribution in [1.29, 1.82) is 0 Å². The molecule has 0 aromatic rings. The molecule has 0 aliphatic heterocycles. The Bertz CT molecular complexity index is 139. The van der Waals surface area contributed by atoms with Gasteiger partial charge in [0.15, 0.2) is 0 Å². The van der Waals surface area contributed by atoms with Crippen LogP contribution in [0.5, 0.6) is 0 Å². The zero-order chi connectivity index (χ0) is 7.95. The van der Waals surface area contributed by atoms with Gasteiger partial charge < -0.3 is 9.47 Å². The third-order valence-electron chi connectivity index (χ3n) is 2.72. The van der Waals surface area contributed by atoms with Crippen molar-refractivity contribution >= 4 is 0 Å². The molecule has 64 valence electrons. The largest absolute Gasteiger partial charge is 0.349 e. The summed E-state index contributed by atoms with van der Waals surface area (Å²) in [5.74, 6) is 0. The van der Waals surface area contributed by atoms with Crippen molar-refractivity contribution in [3.05, 3.63) is 0 Å². The van der Waals surface area contributed by atoms with Gasteiger partial charge in [0.2, 0.25) is 0 Å². The number of ether oxygens (including phenoxy) is 2. The van der Waals surface area contributed by atoms with Crippen molar-refractivity contribution < 1.29 is 9.47 Å². The van der Waals surface area contributed by atoms with Gasteiger partial charge in [0, 0.05) is 0 Å². The molecule has 2 heteroatoms. The fourth-order valence-corrected chi connectivity index (χ4v) is 0.955. The van der Waals surface area contributed by atoms with E-state index in [1.54, 1.807) is 0 Å². The minimum atomic E-state index is 0.172. The van der Waals surface area contributed by atoms with E-state index < -0.39 is 0 Å². The quantitative estimate of drug-likeness (QED) is 0.580. The second kappa shape index (κ2) is 2.20. The summed E-state index contributed by atoms with van der Waals surface area (Å²) >= 11 is 0. The molecule has 2 nitrogen and oxygen atoms in total. The molecule has 2 aliphatic carbocycles. The zero-order valence-electron chi connectivity index (χ0n) is 7.35. The van der Waals surface area contributed by atoms with Crippen molar-refractivity contribution in [2.24, 2.45) is 0 Å². The molecule has 0 heterocycles. The molecule has 0 spiro atoms. The molecule has 2 fully saturated rings. The Morgan fingerprint density at radius 1 is 0.909 bits per heavy atom. The van der Waals surface area contributed by atoms with Gasteiger partial charge in [-0.1, -0.05) is 0 Å². The SMILES string of the molecule is CC1(OCOC2(C)CC2)CC1. The molecule has 2 rings (SSSR count). The first-order valence-corrected chi connectivity index (χ1v) is 4.40. The third kappa shape index (κ3) is 1.94. The molecule has 0 aromatic heterocycles. The van der Waals surface area contributed by atoms with Crippen LogP contribution in [-0.2, 0) is 9.47 Å². The molecule has 0 saturated heterocycles. The lowest BCUT2D eigenvalue weighted by Gasteiger charge is -2.14. The average Bonchev–Trinajstić information content (AvgIpc) is 2.78. The van der Waals surface area contributed by atoms with Gasteiger partial charge >= 0.3 is 0 Å². The first-order chi connectivity index (χ1) is 5.12. The van der Waals surface area contributed by atoms with Crippen molar-refractivity contribution in [3.8, 4) is 0 Å². The average molecular weight is 156 g/mol. The minimum Gasteiger partial charge on any atom is -0.349 e. The zero-order valence-corrected chi connectivity index (χ0v) is 7.35. The van der Waals surface area contributed by atoms with E-state index in [2.05, 4.69) is 13.8 Å². The van der Waals surface area contributed by atoms with E-state index in [-0.39, 0.29) is 11.2 Å². The van der Waals surface area contributed by atoms with E-state index in [4.69, 9.17) is 9.47 Å². The second-order valence-corrected chi connectivity index (χ2v) is 4.31. The number of hydrogen-bond acceptors (Lipinski definition) is 2. The minimum absolute atomic E-state index is 0.172. The first-order valence-electron chi connectivity index (χ1n) is 4.40. The standard InChI is InChI=1S/C9H16O2/c1-8(3-4-8)10-7-11-9(2)5-6-9/h3-7H2,1-2H3. The molecule has 0 unspecified atom stereocenters. The summed E-state index contributed by atoms with van der Waals surface area (Å²) in [6, 6.07) is 0. The van der Waals surface area contributed by atoms with Gasteiger partial charge in [-0.2, -0.15) is 0 Å². The molecule has 0 amide bonds. The Morgan fingerprint density at radius 2 is 1.27 bits per heavy atom. The lowest BCUT2D eigenvalue weighted by molar-refractivity contribution is -0.127. The van der Waals surface area contributed by atoms with Gasteiger partial charge in [0.05, 0.1) is 11.2 Å². The Morgan fingerprint density at radius 3 is 1.55 bits per heavy atom. The number of hydrogen-bond donors (Lipinski definition) is 0. The normalized spacial score (nSPS) is 30.0. The van der Waals surface area contributed by atoms with Crippen LogP contribution in [0.15, 0.2) is 0 Å². The Labute approximate surface area is 67.9 Å². The molecule has 0 aromatic carbocycles. The topological polar surface area (TPSA) is 18.5 Å². The summed E-state index contributed by atoms with van der Waals surface area (Å²) in [6.07, 6.45) is 4.81. The fraction of sp³-hybridized carbons (Fsp3) is 1.00. The van der Waals surface area contributed by atoms with Gasteiger partial charge in [0.1, 0.15) is 6.79 Å². The van der Waals surface area contributed by atoms with Crippen LogP contribution in [0.3, 0.4) is 0 Å². The molecular formula is C9H16O2. The maximum absolute atomic E-state index is 5.53. The Hall–Kier alpha value is -0.0800. The molecule has 0 N–H and O–H groups in total. The molecule has 0 bridgehead atoms. The molecule has 2 saturated carbocycles. The van der Waals surface area contributed by atoms with Gasteiger partial charge in [-0.25, -0.2) is 0 Å². The monoisotopic (exact) mass is 156 g/mol. The van der Waals surface area contributed by atoms with Crippen LogP contribution in [0.4, 0.5) is 0 Å². The highest BCUT2D eigenvalue weighted by molar-refractivity contribution is 4.92. The van der Waals surface area contributed by atoms with Crippen molar-refractivity contribution in [2.45, 2.75) is 50.7 Å². The van der Waals surface area contributed by atoms with Gasteiger partial charge in [-0.15, -0.1) is 0 Å². The number of rotatable bonds is 4. The van der Waals surface area contributed by atoms with Crippen LogP contribution in [0.25, 0.3) is 0 Å². The Balaban J connectivity index is 1.60. The van der Waals surface area contributed by atoms with Crippen LogP contribution in [0.1, 0.15) is 39.5 Å². The van der Waals surface area contributed by atoms with Crippen molar-refractivity contribution in [1.82, 2.24) is 0 Å². The van der Waals surface area contributed by atoms with E-state index >= 15 is 0 Å². The Kier molecular flexibility index (Phi) is 1.52. The predicted octanol–water partition coefficient (Wildman–Crippen LogP) is 2.08. The first kappa shape index (κ1) is 7.56. The molecule has 2 aliphatic rings. The summed E-state index contributed by atoms with van der Waals surface area (Å²) in [7, 11) is 0. The van der Waals surface area contributed by atoms with Gasteiger partial charge in [-0.3, -0.25) is 0 Å². The smallest absolute Gasteiger partial charge is 0.148 e. The third-order valence-corrected chi connectivity index (χ3v) is 2.72. The predicted molar refractivity (Wildman–Crippen MR) is 42.3 cm³/mol. The van der Waals surface area contributed by atoms with E-state index in [1.165, 1.54) is 25.7 Å². The molecule has 11 heavy (non-hydrogen) atoms. The second-order valence-electron chi connectivity index (χ2n) is 4.31. The fourth-order valence-electron chi connectivity index (χ4n) is 0.955. The summed E-state index contributed by atoms with van der Waals surface area (Å²) in [5, 5.41) is 0. The van der Waals surface area contributed by atoms with E-state index in [0.717, 1.165) is 0 Å². The highest BCUT2D eigenvalue weighted by Crippen LogP contribution is 2.41. The summed E-state index contributed by atoms with van der Waals surface area (Å²) in [6.45, 7) is 4.78. The van der Waals surface area contributed by atoms with E-state index in [0.29, 0.717) is 6.79 Å².